The van der Waals surface area contributed by atoms with Gasteiger partial charge in [0.1, 0.15) is 11.6 Å². The third kappa shape index (κ3) is 3.87. The second kappa shape index (κ2) is 7.55. The molecule has 1 aromatic carbocycles. The number of pyridine rings is 1. The average molecular weight is 410 g/mol. The maximum absolute atomic E-state index is 13.5. The highest BCUT2D eigenvalue weighted by molar-refractivity contribution is 8.01. The van der Waals surface area contributed by atoms with Crippen LogP contribution in [0.15, 0.2) is 55.0 Å². The van der Waals surface area contributed by atoms with Crippen molar-refractivity contribution >= 4 is 40.3 Å². The van der Waals surface area contributed by atoms with Gasteiger partial charge in [-0.05, 0) is 50.9 Å². The second-order valence-corrected chi connectivity index (χ2v) is 9.01. The number of anilines is 1. The first-order chi connectivity index (χ1) is 13.8. The van der Waals surface area contributed by atoms with E-state index >= 15 is 0 Å². The Morgan fingerprint density at radius 3 is 2.72 bits per heavy atom. The van der Waals surface area contributed by atoms with Gasteiger partial charge in [-0.3, -0.25) is 14.1 Å². The summed E-state index contributed by atoms with van der Waals surface area (Å²) in [6.45, 7) is 5.49. The number of ketones is 1. The highest BCUT2D eigenvalue weighted by atomic mass is 32.2. The van der Waals surface area contributed by atoms with Crippen LogP contribution in [0.1, 0.15) is 31.1 Å². The lowest BCUT2D eigenvalue weighted by Gasteiger charge is -2.29. The number of esters is 1. The van der Waals surface area contributed by atoms with Crippen LogP contribution in [0.3, 0.4) is 0 Å². The summed E-state index contributed by atoms with van der Waals surface area (Å²) >= 11 is 1.46. The SMILES string of the molecule is CC(C)(C)OC(=O)C1C(C(=O)c2c[nH]c3ccccc23)CSN1c1cccnc1. The van der Waals surface area contributed by atoms with Crippen molar-refractivity contribution in [2.45, 2.75) is 32.4 Å². The van der Waals surface area contributed by atoms with Gasteiger partial charge in [0.15, 0.2) is 5.78 Å². The predicted molar refractivity (Wildman–Crippen MR) is 115 cm³/mol. The molecule has 2 atom stereocenters. The standard InChI is InChI=1S/C22H23N3O3S/c1-22(2,3)28-21(27)19-17(13-29-25(19)14-7-6-10-23-11-14)20(26)16-12-24-18-9-5-4-8-15(16)18/h4-12,17,19,24H,13H2,1-3H3. The van der Waals surface area contributed by atoms with Gasteiger partial charge in [0, 0.05) is 34.6 Å². The molecular formula is C22H23N3O3S. The minimum absolute atomic E-state index is 0.0581. The van der Waals surface area contributed by atoms with Gasteiger partial charge in [0.05, 0.1) is 17.8 Å². The summed E-state index contributed by atoms with van der Waals surface area (Å²) in [5, 5.41) is 0.866. The van der Waals surface area contributed by atoms with E-state index < -0.39 is 23.5 Å². The highest BCUT2D eigenvalue weighted by Gasteiger charge is 2.47. The molecule has 1 aliphatic rings. The van der Waals surface area contributed by atoms with Crippen LogP contribution in [0.4, 0.5) is 5.69 Å². The van der Waals surface area contributed by atoms with Crippen LogP contribution in [0.2, 0.25) is 0 Å². The molecule has 1 saturated heterocycles. The molecule has 29 heavy (non-hydrogen) atoms. The number of aromatic amines is 1. The predicted octanol–water partition coefficient (Wildman–Crippen LogP) is 4.24. The molecule has 0 bridgehead atoms. The van der Waals surface area contributed by atoms with Gasteiger partial charge in [-0.1, -0.05) is 18.2 Å². The largest absolute Gasteiger partial charge is 0.458 e. The Kier molecular flexibility index (Phi) is 5.08. The molecule has 0 spiro atoms. The first-order valence-corrected chi connectivity index (χ1v) is 10.4. The van der Waals surface area contributed by atoms with E-state index in [1.807, 2.05) is 61.5 Å². The van der Waals surface area contributed by atoms with Crippen molar-refractivity contribution in [2.24, 2.45) is 5.92 Å². The van der Waals surface area contributed by atoms with Crippen molar-refractivity contribution in [3.05, 3.63) is 60.6 Å². The van der Waals surface area contributed by atoms with Crippen LogP contribution in [-0.4, -0.2) is 39.1 Å². The van der Waals surface area contributed by atoms with E-state index in [4.69, 9.17) is 4.74 Å². The molecule has 1 N–H and O–H groups in total. The van der Waals surface area contributed by atoms with E-state index in [0.29, 0.717) is 11.3 Å². The van der Waals surface area contributed by atoms with Crippen molar-refractivity contribution in [3.8, 4) is 0 Å². The van der Waals surface area contributed by atoms with E-state index in [0.717, 1.165) is 16.6 Å². The van der Waals surface area contributed by atoms with Crippen LogP contribution in [-0.2, 0) is 9.53 Å². The van der Waals surface area contributed by atoms with Crippen molar-refractivity contribution in [1.82, 2.24) is 9.97 Å². The molecule has 0 saturated carbocycles. The third-order valence-corrected chi connectivity index (χ3v) is 5.99. The zero-order valence-corrected chi connectivity index (χ0v) is 17.4. The maximum Gasteiger partial charge on any atom is 0.331 e. The quantitative estimate of drug-likeness (QED) is 0.395. The molecule has 3 aromatic rings. The molecule has 6 nitrogen and oxygen atoms in total. The van der Waals surface area contributed by atoms with E-state index in [-0.39, 0.29) is 5.78 Å². The summed E-state index contributed by atoms with van der Waals surface area (Å²) in [4.78, 5) is 33.9. The molecule has 7 heteroatoms. The number of benzene rings is 1. The van der Waals surface area contributed by atoms with Gasteiger partial charge in [-0.15, -0.1) is 0 Å². The fourth-order valence-corrected chi connectivity index (χ4v) is 4.84. The number of Topliss-reactive ketones (excluding diaryl/α,β-unsaturated/α-hetero) is 1. The minimum atomic E-state index is -0.718. The van der Waals surface area contributed by atoms with E-state index in [2.05, 4.69) is 9.97 Å². The molecule has 1 aliphatic heterocycles. The Balaban J connectivity index is 1.71. The van der Waals surface area contributed by atoms with Crippen LogP contribution < -0.4 is 4.31 Å². The number of carbonyl (C=O) groups excluding carboxylic acids is 2. The zero-order chi connectivity index (χ0) is 20.6. The second-order valence-electron chi connectivity index (χ2n) is 8.03. The van der Waals surface area contributed by atoms with Crippen molar-refractivity contribution in [1.29, 1.82) is 0 Å². The average Bonchev–Trinajstić information content (AvgIpc) is 3.31. The summed E-state index contributed by atoms with van der Waals surface area (Å²) in [6.07, 6.45) is 5.11. The lowest BCUT2D eigenvalue weighted by molar-refractivity contribution is -0.156. The molecule has 4 rings (SSSR count). The fourth-order valence-electron chi connectivity index (χ4n) is 3.53. The molecule has 3 heterocycles. The number of rotatable bonds is 4. The first-order valence-electron chi connectivity index (χ1n) is 9.50. The Hall–Kier alpha value is -2.80. The monoisotopic (exact) mass is 409 g/mol. The van der Waals surface area contributed by atoms with Gasteiger partial charge in [0.2, 0.25) is 0 Å². The maximum atomic E-state index is 13.5. The van der Waals surface area contributed by atoms with Gasteiger partial charge in [-0.25, -0.2) is 4.79 Å². The molecule has 2 aromatic heterocycles. The zero-order valence-electron chi connectivity index (χ0n) is 16.6. The summed E-state index contributed by atoms with van der Waals surface area (Å²) in [6, 6.07) is 10.7. The number of nitrogens with zero attached hydrogens (tertiary/aromatic N) is 2. The summed E-state index contributed by atoms with van der Waals surface area (Å²) < 4.78 is 7.54. The lowest BCUT2D eigenvalue weighted by atomic mass is 9.91. The highest BCUT2D eigenvalue weighted by Crippen LogP contribution is 2.39. The van der Waals surface area contributed by atoms with Crippen molar-refractivity contribution in [3.63, 3.8) is 0 Å². The molecule has 0 amide bonds. The first kappa shape index (κ1) is 19.5. The van der Waals surface area contributed by atoms with E-state index in [1.54, 1.807) is 18.6 Å². The molecule has 0 radical (unpaired) electrons. The summed E-state index contributed by atoms with van der Waals surface area (Å²) in [7, 11) is 0. The lowest BCUT2D eigenvalue weighted by Crippen LogP contribution is -2.44. The number of para-hydroxylation sites is 1. The van der Waals surface area contributed by atoms with Crippen LogP contribution in [0, 0.1) is 5.92 Å². The fraction of sp³-hybridized carbons (Fsp3) is 0.318. The number of nitrogens with one attached hydrogen (secondary N) is 1. The molecule has 150 valence electrons. The number of fused-ring (bicyclic) bond motifs is 1. The number of H-pyrrole nitrogens is 1. The topological polar surface area (TPSA) is 75.3 Å². The summed E-state index contributed by atoms with van der Waals surface area (Å²) in [5.41, 5.74) is 1.65. The van der Waals surface area contributed by atoms with Crippen LogP contribution >= 0.6 is 11.9 Å². The van der Waals surface area contributed by atoms with Gasteiger partial charge in [-0.2, -0.15) is 0 Å². The molecule has 2 unspecified atom stereocenters. The van der Waals surface area contributed by atoms with Gasteiger partial charge < -0.3 is 9.72 Å². The van der Waals surface area contributed by atoms with Crippen LogP contribution in [0.25, 0.3) is 10.9 Å². The Morgan fingerprint density at radius 1 is 1.21 bits per heavy atom. The summed E-state index contributed by atoms with van der Waals surface area (Å²) in [5.74, 6) is -0.479. The Bertz CT molecular complexity index is 1040. The molecule has 0 aliphatic carbocycles. The number of hydrogen-bond acceptors (Lipinski definition) is 6. The van der Waals surface area contributed by atoms with Crippen molar-refractivity contribution in [2.75, 3.05) is 10.1 Å². The number of hydrogen-bond donors (Lipinski definition) is 1. The number of aromatic nitrogens is 2. The normalized spacial score (nSPS) is 19.5. The third-order valence-electron chi connectivity index (χ3n) is 4.77. The van der Waals surface area contributed by atoms with Gasteiger partial charge >= 0.3 is 5.97 Å². The number of ether oxygens (including phenoxy) is 1. The van der Waals surface area contributed by atoms with Crippen LogP contribution in [0.5, 0.6) is 0 Å². The number of carbonyl (C=O) groups is 2. The Labute approximate surface area is 173 Å². The van der Waals surface area contributed by atoms with Crippen molar-refractivity contribution < 1.29 is 14.3 Å². The van der Waals surface area contributed by atoms with Gasteiger partial charge in [0.25, 0.3) is 0 Å². The minimum Gasteiger partial charge on any atom is -0.458 e. The molecular weight excluding hydrogens is 386 g/mol. The van der Waals surface area contributed by atoms with E-state index in [9.17, 15) is 9.59 Å². The Morgan fingerprint density at radius 2 is 2.00 bits per heavy atom. The van der Waals surface area contributed by atoms with E-state index in [1.165, 1.54) is 11.9 Å². The smallest absolute Gasteiger partial charge is 0.331 e. The molecule has 1 fully saturated rings.